The molecule has 4 heteroatoms. The topological polar surface area (TPSA) is 34.8 Å². The first kappa shape index (κ1) is 28.0. The van der Waals surface area contributed by atoms with Gasteiger partial charge in [0.05, 0.1) is 7.05 Å². The lowest BCUT2D eigenvalue weighted by molar-refractivity contribution is -0.633. The largest absolute Gasteiger partial charge is 0.453 e. The molecule has 0 saturated carbocycles. The number of furan rings is 1. The van der Waals surface area contributed by atoms with Crippen molar-refractivity contribution in [2.75, 3.05) is 0 Å². The average molecular weight is 668 g/mol. The minimum atomic E-state index is -2.42. The highest BCUT2D eigenvalue weighted by molar-refractivity contribution is 6.18. The number of aromatic nitrogens is 3. The normalized spacial score (nSPS) is 13.3. The second kappa shape index (κ2) is 11.7. The lowest BCUT2D eigenvalue weighted by Gasteiger charge is -2.21. The van der Waals surface area contributed by atoms with Gasteiger partial charge >= 0.3 is 0 Å². The first-order valence-electron chi connectivity index (χ1n) is 19.3. The maximum atomic E-state index is 8.54. The summed E-state index contributed by atoms with van der Waals surface area (Å²) >= 11 is 0. The van der Waals surface area contributed by atoms with Gasteiger partial charge in [-0.2, -0.15) is 4.57 Å². The lowest BCUT2D eigenvalue weighted by atomic mass is 9.88. The summed E-state index contributed by atoms with van der Waals surface area (Å²) in [4.78, 5) is 4.92. The van der Waals surface area contributed by atoms with Crippen molar-refractivity contribution in [2.45, 2.75) is 53.3 Å². The molecule has 0 aliphatic heterocycles. The number of fused-ring (bicyclic) bond motifs is 7. The van der Waals surface area contributed by atoms with Gasteiger partial charge in [-0.25, -0.2) is 9.55 Å². The van der Waals surface area contributed by atoms with Crippen LogP contribution in [0.15, 0.2) is 120 Å². The SMILES string of the molecule is [2H]C([2H])([2H])c1nc2c3ccc(C)c(-c4n(-c5c(C(C)C)cc(-c6ccccc6)cc5C(C)C)c5ccccc5[n+]4C)c3oc2c2cc3ccccc3cc12. The van der Waals surface area contributed by atoms with Crippen molar-refractivity contribution in [1.82, 2.24) is 9.55 Å². The van der Waals surface area contributed by atoms with Gasteiger partial charge in [0.1, 0.15) is 16.8 Å². The molecule has 3 heterocycles. The number of rotatable bonds is 5. The van der Waals surface area contributed by atoms with Gasteiger partial charge in [0.25, 0.3) is 5.82 Å². The van der Waals surface area contributed by atoms with Gasteiger partial charge in [-0.05, 0) is 95.5 Å². The zero-order valence-corrected chi connectivity index (χ0v) is 29.9. The molecular formula is C47H42N3O+. The summed E-state index contributed by atoms with van der Waals surface area (Å²) in [6.45, 7) is 8.81. The first-order valence-corrected chi connectivity index (χ1v) is 17.8. The number of benzene rings is 6. The third-order valence-corrected chi connectivity index (χ3v) is 10.6. The van der Waals surface area contributed by atoms with E-state index < -0.39 is 6.85 Å². The minimum absolute atomic E-state index is 0.0851. The maximum Gasteiger partial charge on any atom is 0.299 e. The molecule has 0 N–H and O–H groups in total. The van der Waals surface area contributed by atoms with E-state index in [0.29, 0.717) is 22.1 Å². The van der Waals surface area contributed by atoms with Crippen LogP contribution in [0.1, 0.15) is 66.0 Å². The third-order valence-electron chi connectivity index (χ3n) is 10.6. The van der Waals surface area contributed by atoms with Gasteiger partial charge in [-0.1, -0.05) is 100 Å². The van der Waals surface area contributed by atoms with Crippen LogP contribution in [-0.4, -0.2) is 9.55 Å². The molecule has 9 aromatic rings. The van der Waals surface area contributed by atoms with Crippen LogP contribution in [0, 0.1) is 13.8 Å². The molecule has 0 aliphatic carbocycles. The number of pyridine rings is 1. The van der Waals surface area contributed by atoms with Crippen molar-refractivity contribution >= 4 is 54.6 Å². The fraction of sp³-hybridized carbons (Fsp3) is 0.191. The zero-order chi connectivity index (χ0) is 37.6. The Morgan fingerprint density at radius 2 is 1.33 bits per heavy atom. The highest BCUT2D eigenvalue weighted by atomic mass is 16.3. The van der Waals surface area contributed by atoms with E-state index in [9.17, 15) is 0 Å². The van der Waals surface area contributed by atoms with Crippen molar-refractivity contribution in [3.8, 4) is 28.2 Å². The molecule has 0 unspecified atom stereocenters. The van der Waals surface area contributed by atoms with Crippen LogP contribution in [0.5, 0.6) is 0 Å². The summed E-state index contributed by atoms with van der Waals surface area (Å²) in [7, 11) is 2.13. The molecule has 9 rings (SSSR count). The summed E-state index contributed by atoms with van der Waals surface area (Å²) in [6, 6.07) is 40.1. The van der Waals surface area contributed by atoms with E-state index in [1.54, 1.807) is 0 Å². The number of hydrogen-bond acceptors (Lipinski definition) is 2. The van der Waals surface area contributed by atoms with Crippen LogP contribution in [0.2, 0.25) is 0 Å². The standard InChI is InChI=1S/C47H42N3O/c1-27(2)36-25-34(31-15-9-8-10-16-31)26-37(28(3)4)44(36)50-41-20-14-13-19-40(41)49(7)47(50)42-29(5)21-22-35-43-46(51-45(35)42)39-24-33-18-12-11-17-32(33)23-38(39)30(6)48-43/h8-28H,1-7H3/q+1/i6D3. The minimum Gasteiger partial charge on any atom is -0.453 e. The molecule has 51 heavy (non-hydrogen) atoms. The summed E-state index contributed by atoms with van der Waals surface area (Å²) in [5.41, 5.74) is 12.2. The van der Waals surface area contributed by atoms with E-state index >= 15 is 0 Å². The van der Waals surface area contributed by atoms with Crippen LogP contribution >= 0.6 is 0 Å². The molecule has 4 nitrogen and oxygen atoms in total. The summed E-state index contributed by atoms with van der Waals surface area (Å²) < 4.78 is 37.4. The Balaban J connectivity index is 1.43. The molecule has 0 radical (unpaired) electrons. The van der Waals surface area contributed by atoms with Crippen LogP contribution < -0.4 is 4.57 Å². The van der Waals surface area contributed by atoms with E-state index in [4.69, 9.17) is 13.5 Å². The van der Waals surface area contributed by atoms with Crippen LogP contribution in [-0.2, 0) is 7.05 Å². The van der Waals surface area contributed by atoms with Gasteiger partial charge in [0, 0.05) is 37.1 Å². The molecule has 6 aromatic carbocycles. The second-order valence-electron chi connectivity index (χ2n) is 14.5. The maximum absolute atomic E-state index is 8.54. The summed E-state index contributed by atoms with van der Waals surface area (Å²) in [5, 5.41) is 4.09. The molecular weight excluding hydrogens is 623 g/mol. The Bertz CT molecular complexity index is 2920. The fourth-order valence-corrected chi connectivity index (χ4v) is 8.05. The summed E-state index contributed by atoms with van der Waals surface area (Å²) in [5.74, 6) is 1.44. The van der Waals surface area contributed by atoms with Crippen molar-refractivity contribution in [3.05, 3.63) is 138 Å². The van der Waals surface area contributed by atoms with Crippen molar-refractivity contribution < 1.29 is 13.1 Å². The molecule has 250 valence electrons. The molecule has 0 fully saturated rings. The van der Waals surface area contributed by atoms with Crippen LogP contribution in [0.3, 0.4) is 0 Å². The zero-order valence-electron chi connectivity index (χ0n) is 32.9. The molecule has 0 atom stereocenters. The Hall–Kier alpha value is -5.74. The van der Waals surface area contributed by atoms with Crippen LogP contribution in [0.25, 0.3) is 82.8 Å². The molecule has 0 aliphatic rings. The van der Waals surface area contributed by atoms with E-state index in [1.165, 1.54) is 27.9 Å². The lowest BCUT2D eigenvalue weighted by Crippen LogP contribution is -2.30. The number of aryl methyl sites for hydroxylation is 3. The monoisotopic (exact) mass is 667 g/mol. The Kier molecular flexibility index (Phi) is 6.41. The van der Waals surface area contributed by atoms with E-state index in [-0.39, 0.29) is 17.5 Å². The number of nitrogens with zero attached hydrogens (tertiary/aromatic N) is 3. The predicted molar refractivity (Wildman–Crippen MR) is 213 cm³/mol. The number of hydrogen-bond donors (Lipinski definition) is 0. The smallest absolute Gasteiger partial charge is 0.299 e. The Labute approximate surface area is 302 Å². The second-order valence-corrected chi connectivity index (χ2v) is 14.5. The fourth-order valence-electron chi connectivity index (χ4n) is 8.05. The van der Waals surface area contributed by atoms with E-state index in [0.717, 1.165) is 49.5 Å². The van der Waals surface area contributed by atoms with Crippen molar-refractivity contribution in [2.24, 2.45) is 7.05 Å². The van der Waals surface area contributed by atoms with Crippen LogP contribution in [0.4, 0.5) is 0 Å². The third kappa shape index (κ3) is 4.73. The molecule has 3 aromatic heterocycles. The van der Waals surface area contributed by atoms with Crippen molar-refractivity contribution in [3.63, 3.8) is 0 Å². The highest BCUT2D eigenvalue weighted by Gasteiger charge is 2.34. The van der Waals surface area contributed by atoms with Gasteiger partial charge in [-0.15, -0.1) is 0 Å². The van der Waals surface area contributed by atoms with E-state index in [2.05, 4.69) is 130 Å². The summed E-state index contributed by atoms with van der Waals surface area (Å²) in [6.07, 6.45) is 0. The molecule has 0 spiro atoms. The first-order chi connectivity index (χ1) is 25.9. The van der Waals surface area contributed by atoms with Crippen molar-refractivity contribution in [1.29, 1.82) is 0 Å². The quantitative estimate of drug-likeness (QED) is 0.135. The van der Waals surface area contributed by atoms with E-state index in [1.807, 2.05) is 36.4 Å². The molecule has 0 bridgehead atoms. The Morgan fingerprint density at radius 1 is 0.686 bits per heavy atom. The Morgan fingerprint density at radius 3 is 2.02 bits per heavy atom. The number of imidazole rings is 1. The predicted octanol–water partition coefficient (Wildman–Crippen LogP) is 12.3. The van der Waals surface area contributed by atoms with Gasteiger partial charge in [0.15, 0.2) is 22.2 Å². The average Bonchev–Trinajstić information content (AvgIpc) is 3.67. The number of para-hydroxylation sites is 2. The van der Waals surface area contributed by atoms with Gasteiger partial charge in [0.2, 0.25) is 0 Å². The highest BCUT2D eigenvalue weighted by Crippen LogP contribution is 2.44. The molecule has 0 amide bonds. The van der Waals surface area contributed by atoms with Gasteiger partial charge < -0.3 is 4.42 Å². The molecule has 0 saturated heterocycles. The van der Waals surface area contributed by atoms with Gasteiger partial charge in [-0.3, -0.25) is 0 Å².